The van der Waals surface area contributed by atoms with Gasteiger partial charge in [0, 0.05) is 25.0 Å². The summed E-state index contributed by atoms with van der Waals surface area (Å²) in [6.07, 6.45) is 7.16. The maximum Gasteiger partial charge on any atom is 0.261 e. The molecule has 2 amide bonds. The van der Waals surface area contributed by atoms with Gasteiger partial charge in [0.1, 0.15) is 5.56 Å². The Bertz CT molecular complexity index is 1110. The summed E-state index contributed by atoms with van der Waals surface area (Å²) in [5, 5.41) is 2.99. The van der Waals surface area contributed by atoms with Crippen molar-refractivity contribution in [3.05, 3.63) is 62.6 Å². The first-order valence-electron chi connectivity index (χ1n) is 11.2. The van der Waals surface area contributed by atoms with Crippen molar-refractivity contribution in [3.8, 4) is 0 Å². The Kier molecular flexibility index (Phi) is 5.14. The van der Waals surface area contributed by atoms with Crippen LogP contribution in [0.5, 0.6) is 0 Å². The fourth-order valence-corrected chi connectivity index (χ4v) is 5.35. The molecule has 0 bridgehead atoms. The number of hydrogen-bond donors (Lipinski definition) is 2. The Morgan fingerprint density at radius 3 is 2.74 bits per heavy atom. The Morgan fingerprint density at radius 2 is 1.94 bits per heavy atom. The number of nitrogens with zero attached hydrogens (tertiary/aromatic N) is 2. The minimum atomic E-state index is -0.376. The number of benzene rings is 1. The lowest BCUT2D eigenvalue weighted by Crippen LogP contribution is -2.46. The highest BCUT2D eigenvalue weighted by Crippen LogP contribution is 2.30. The van der Waals surface area contributed by atoms with Gasteiger partial charge in [-0.2, -0.15) is 0 Å². The number of carbonyl (C=O) groups is 2. The van der Waals surface area contributed by atoms with Crippen LogP contribution in [-0.4, -0.2) is 52.8 Å². The quantitative estimate of drug-likeness (QED) is 0.796. The molecule has 2 aromatic rings. The topological polar surface area (TPSA) is 85.5 Å². The van der Waals surface area contributed by atoms with E-state index in [9.17, 15) is 14.4 Å². The first-order valence-corrected chi connectivity index (χ1v) is 11.2. The van der Waals surface area contributed by atoms with E-state index in [-0.39, 0.29) is 29.0 Å². The Morgan fingerprint density at radius 1 is 1.06 bits per heavy atom. The molecule has 162 valence electrons. The molecule has 3 aliphatic rings. The molecule has 1 fully saturated rings. The van der Waals surface area contributed by atoms with Crippen molar-refractivity contribution in [1.29, 1.82) is 0 Å². The number of hydrogen-bond acceptors (Lipinski definition) is 4. The van der Waals surface area contributed by atoms with Crippen LogP contribution in [0.4, 0.5) is 5.69 Å². The Balaban J connectivity index is 1.39. The zero-order valence-corrected chi connectivity index (χ0v) is 17.9. The maximum absolute atomic E-state index is 13.2. The summed E-state index contributed by atoms with van der Waals surface area (Å²) in [5.74, 6) is -0.226. The van der Waals surface area contributed by atoms with Gasteiger partial charge in [-0.3, -0.25) is 19.3 Å². The van der Waals surface area contributed by atoms with Crippen LogP contribution in [-0.2, 0) is 30.6 Å². The van der Waals surface area contributed by atoms with E-state index in [0.717, 1.165) is 55.5 Å². The van der Waals surface area contributed by atoms with Crippen LogP contribution in [0.15, 0.2) is 29.2 Å². The van der Waals surface area contributed by atoms with E-state index in [1.807, 2.05) is 24.1 Å². The molecule has 31 heavy (non-hydrogen) atoms. The zero-order chi connectivity index (χ0) is 21.5. The van der Waals surface area contributed by atoms with Crippen molar-refractivity contribution in [1.82, 2.24) is 14.8 Å². The van der Waals surface area contributed by atoms with E-state index < -0.39 is 0 Å². The van der Waals surface area contributed by atoms with Gasteiger partial charge in [-0.1, -0.05) is 12.1 Å². The number of aromatic nitrogens is 1. The maximum atomic E-state index is 13.2. The van der Waals surface area contributed by atoms with Crippen LogP contribution in [0.25, 0.3) is 0 Å². The minimum absolute atomic E-state index is 0.0627. The summed E-state index contributed by atoms with van der Waals surface area (Å²) in [6, 6.07) is 5.90. The molecule has 0 radical (unpaired) electrons. The lowest BCUT2D eigenvalue weighted by atomic mass is 9.95. The second-order valence-corrected chi connectivity index (χ2v) is 8.90. The number of amides is 2. The average molecular weight is 421 g/mol. The van der Waals surface area contributed by atoms with Crippen molar-refractivity contribution < 1.29 is 9.59 Å². The van der Waals surface area contributed by atoms with Crippen LogP contribution < -0.4 is 10.9 Å². The predicted octanol–water partition coefficient (Wildman–Crippen LogP) is 2.09. The summed E-state index contributed by atoms with van der Waals surface area (Å²) >= 11 is 0. The van der Waals surface area contributed by atoms with Gasteiger partial charge < -0.3 is 15.2 Å². The van der Waals surface area contributed by atoms with Crippen LogP contribution in [0.2, 0.25) is 0 Å². The van der Waals surface area contributed by atoms with Crippen molar-refractivity contribution in [2.75, 3.05) is 25.5 Å². The second kappa shape index (κ2) is 7.96. The summed E-state index contributed by atoms with van der Waals surface area (Å²) in [7, 11) is 1.99. The van der Waals surface area contributed by atoms with Gasteiger partial charge in [-0.05, 0) is 80.4 Å². The Labute approximate surface area is 181 Å². The Hall–Kier alpha value is -2.93. The van der Waals surface area contributed by atoms with Gasteiger partial charge in [-0.25, -0.2) is 0 Å². The molecular weight excluding hydrogens is 392 g/mol. The highest BCUT2D eigenvalue weighted by Gasteiger charge is 2.34. The van der Waals surface area contributed by atoms with E-state index in [0.29, 0.717) is 19.5 Å². The third-order valence-electron chi connectivity index (χ3n) is 7.03. The monoisotopic (exact) mass is 420 g/mol. The van der Waals surface area contributed by atoms with Gasteiger partial charge in [0.25, 0.3) is 11.5 Å². The zero-order valence-electron chi connectivity index (χ0n) is 17.9. The van der Waals surface area contributed by atoms with Gasteiger partial charge in [0.2, 0.25) is 5.91 Å². The van der Waals surface area contributed by atoms with Crippen LogP contribution in [0, 0.1) is 0 Å². The van der Waals surface area contributed by atoms with Gasteiger partial charge in [0.05, 0.1) is 6.04 Å². The molecular formula is C24H28N4O3. The number of H-pyrrole nitrogens is 1. The smallest absolute Gasteiger partial charge is 0.261 e. The summed E-state index contributed by atoms with van der Waals surface area (Å²) in [6.45, 7) is 1.90. The van der Waals surface area contributed by atoms with Crippen LogP contribution >= 0.6 is 0 Å². The number of likely N-dealkylation sites (N-methyl/N-ethyl adjacent to an activating group) is 1. The molecule has 1 aromatic heterocycles. The molecule has 1 aliphatic carbocycles. The number of fused-ring (bicyclic) bond motifs is 2. The molecule has 7 heteroatoms. The summed E-state index contributed by atoms with van der Waals surface area (Å²) < 4.78 is 0. The lowest BCUT2D eigenvalue weighted by molar-refractivity contribution is -0.136. The standard InChI is InChI=1S/C24H28N4O3/c1-27-11-4-9-20(27)24(31)28-12-10-18-16(14-28)13-25-22(29)21(18)23(30)26-19-8-3-6-15-5-2-7-17(15)19/h3,6,8,13,20H,2,4-5,7,9-12,14H2,1H3,(H,25,29)(H,26,30)/t20-/m0/s1. The number of pyridine rings is 1. The van der Waals surface area contributed by atoms with Gasteiger partial charge in [-0.15, -0.1) is 0 Å². The molecule has 1 saturated heterocycles. The molecule has 2 aliphatic heterocycles. The highest BCUT2D eigenvalue weighted by molar-refractivity contribution is 6.05. The predicted molar refractivity (Wildman–Crippen MR) is 118 cm³/mol. The van der Waals surface area contributed by atoms with E-state index in [2.05, 4.69) is 21.3 Å². The lowest BCUT2D eigenvalue weighted by Gasteiger charge is -2.33. The third kappa shape index (κ3) is 3.57. The fourth-order valence-electron chi connectivity index (χ4n) is 5.35. The van der Waals surface area contributed by atoms with Gasteiger partial charge in [0.15, 0.2) is 0 Å². The molecule has 7 nitrogen and oxygen atoms in total. The third-order valence-corrected chi connectivity index (χ3v) is 7.03. The highest BCUT2D eigenvalue weighted by atomic mass is 16.2. The number of carbonyl (C=O) groups excluding carboxylic acids is 2. The molecule has 1 aromatic carbocycles. The molecule has 0 unspecified atom stereocenters. The van der Waals surface area contributed by atoms with E-state index in [4.69, 9.17) is 0 Å². The van der Waals surface area contributed by atoms with Crippen molar-refractivity contribution in [3.63, 3.8) is 0 Å². The van der Waals surface area contributed by atoms with Crippen molar-refractivity contribution >= 4 is 17.5 Å². The first kappa shape index (κ1) is 20.0. The van der Waals surface area contributed by atoms with Crippen molar-refractivity contribution in [2.24, 2.45) is 0 Å². The summed E-state index contributed by atoms with van der Waals surface area (Å²) in [4.78, 5) is 45.5. The molecule has 0 spiro atoms. The molecule has 2 N–H and O–H groups in total. The van der Waals surface area contributed by atoms with E-state index in [1.54, 1.807) is 6.20 Å². The van der Waals surface area contributed by atoms with Crippen LogP contribution in [0.3, 0.4) is 0 Å². The van der Waals surface area contributed by atoms with E-state index >= 15 is 0 Å². The number of likely N-dealkylation sites (tertiary alicyclic amines) is 1. The average Bonchev–Trinajstić information content (AvgIpc) is 3.42. The SMILES string of the molecule is CN1CCC[C@H]1C(=O)N1CCc2c(c[nH]c(=O)c2C(=O)Nc2cccc3c2CCC3)C1. The second-order valence-electron chi connectivity index (χ2n) is 8.90. The normalized spacial score (nSPS) is 20.4. The largest absolute Gasteiger partial charge is 0.337 e. The number of rotatable bonds is 3. The van der Waals surface area contributed by atoms with E-state index in [1.165, 1.54) is 11.1 Å². The molecule has 0 saturated carbocycles. The summed E-state index contributed by atoms with van der Waals surface area (Å²) in [5.41, 5.74) is 4.66. The fraction of sp³-hybridized carbons (Fsp3) is 0.458. The van der Waals surface area contributed by atoms with Crippen molar-refractivity contribution in [2.45, 2.75) is 51.1 Å². The van der Waals surface area contributed by atoms with Gasteiger partial charge >= 0.3 is 0 Å². The number of nitrogens with one attached hydrogen (secondary N) is 2. The minimum Gasteiger partial charge on any atom is -0.337 e. The first-order chi connectivity index (χ1) is 15.0. The number of aryl methyl sites for hydroxylation is 1. The van der Waals surface area contributed by atoms with Crippen LogP contribution in [0.1, 0.15) is 51.9 Å². The number of anilines is 1. The molecule has 1 atom stereocenters. The molecule has 3 heterocycles. The molecule has 5 rings (SSSR count). The number of aromatic amines is 1.